The second kappa shape index (κ2) is 6.77. The van der Waals surface area contributed by atoms with E-state index in [1.165, 1.54) is 0 Å². The van der Waals surface area contributed by atoms with Crippen molar-refractivity contribution in [3.8, 4) is 11.8 Å². The molecule has 0 bridgehead atoms. The van der Waals surface area contributed by atoms with Gasteiger partial charge in [-0.1, -0.05) is 12.1 Å². The van der Waals surface area contributed by atoms with E-state index in [2.05, 4.69) is 11.4 Å². The summed E-state index contributed by atoms with van der Waals surface area (Å²) in [6.07, 6.45) is 1.54. The van der Waals surface area contributed by atoms with Crippen molar-refractivity contribution < 1.29 is 14.3 Å². The van der Waals surface area contributed by atoms with Crippen LogP contribution in [-0.4, -0.2) is 42.8 Å². The summed E-state index contributed by atoms with van der Waals surface area (Å²) in [6, 6.07) is 7.88. The molecule has 1 N–H and O–H groups in total. The third kappa shape index (κ3) is 3.94. The summed E-state index contributed by atoms with van der Waals surface area (Å²) in [5, 5.41) is 12.3. The van der Waals surface area contributed by atoms with E-state index in [9.17, 15) is 4.79 Å². The van der Waals surface area contributed by atoms with E-state index >= 15 is 0 Å². The second-order valence-electron chi connectivity index (χ2n) is 7.26. The van der Waals surface area contributed by atoms with Crippen LogP contribution in [0.5, 0.6) is 5.75 Å². The molecule has 25 heavy (non-hydrogen) atoms. The zero-order valence-corrected chi connectivity index (χ0v) is 14.8. The van der Waals surface area contributed by atoms with Gasteiger partial charge in [0.1, 0.15) is 18.0 Å². The number of rotatable bonds is 1. The quantitative estimate of drug-likeness (QED) is 0.850. The van der Waals surface area contributed by atoms with Gasteiger partial charge in [-0.3, -0.25) is 4.90 Å². The van der Waals surface area contributed by atoms with Gasteiger partial charge >= 0.3 is 6.09 Å². The monoisotopic (exact) mass is 341 g/mol. The van der Waals surface area contributed by atoms with Gasteiger partial charge in [0.05, 0.1) is 17.7 Å². The van der Waals surface area contributed by atoms with E-state index in [1.807, 2.05) is 45.0 Å². The molecule has 1 fully saturated rings. The first-order valence-electron chi connectivity index (χ1n) is 8.45. The van der Waals surface area contributed by atoms with Crippen molar-refractivity contribution in [2.75, 3.05) is 26.2 Å². The summed E-state index contributed by atoms with van der Waals surface area (Å²) in [5.41, 5.74) is 1.96. The molecule has 1 unspecified atom stereocenters. The number of nitrogens with zero attached hydrogens (tertiary/aromatic N) is 2. The van der Waals surface area contributed by atoms with Crippen molar-refractivity contribution in [1.29, 1.82) is 5.26 Å². The van der Waals surface area contributed by atoms with Crippen LogP contribution in [0.25, 0.3) is 6.08 Å². The lowest BCUT2D eigenvalue weighted by Gasteiger charge is -2.37. The first-order chi connectivity index (χ1) is 11.9. The van der Waals surface area contributed by atoms with E-state index < -0.39 is 5.60 Å². The highest BCUT2D eigenvalue weighted by molar-refractivity contribution is 5.70. The smallest absolute Gasteiger partial charge is 0.410 e. The molecule has 0 radical (unpaired) electrons. The van der Waals surface area contributed by atoms with E-state index in [-0.39, 0.29) is 18.7 Å². The zero-order chi connectivity index (χ0) is 18.0. The summed E-state index contributed by atoms with van der Waals surface area (Å²) in [6.45, 7) is 7.89. The molecule has 6 heteroatoms. The van der Waals surface area contributed by atoms with Crippen LogP contribution in [0.3, 0.4) is 0 Å². The minimum absolute atomic E-state index is 0.112. The van der Waals surface area contributed by atoms with Gasteiger partial charge in [0.25, 0.3) is 0 Å². The number of nitrogens with one attached hydrogen (secondary N) is 1. The molecule has 2 heterocycles. The molecule has 1 aromatic rings. The van der Waals surface area contributed by atoms with Gasteiger partial charge < -0.3 is 14.8 Å². The molecule has 1 aromatic carbocycles. The van der Waals surface area contributed by atoms with Gasteiger partial charge in [-0.2, -0.15) is 5.26 Å². The molecule has 0 aliphatic carbocycles. The van der Waals surface area contributed by atoms with Crippen molar-refractivity contribution in [1.82, 2.24) is 10.2 Å². The number of carbonyl (C=O) groups is 1. The second-order valence-corrected chi connectivity index (χ2v) is 7.26. The van der Waals surface area contributed by atoms with Crippen molar-refractivity contribution in [2.24, 2.45) is 0 Å². The molecule has 1 atom stereocenters. The van der Waals surface area contributed by atoms with E-state index in [1.54, 1.807) is 4.90 Å². The third-order valence-electron chi connectivity index (χ3n) is 4.15. The Hall–Kier alpha value is -2.52. The average Bonchev–Trinajstić information content (AvgIpc) is 2.59. The van der Waals surface area contributed by atoms with Crippen LogP contribution in [0.1, 0.15) is 37.9 Å². The Kier molecular flexibility index (Phi) is 4.69. The maximum Gasteiger partial charge on any atom is 0.410 e. The van der Waals surface area contributed by atoms with Crippen LogP contribution in [0.2, 0.25) is 0 Å². The Morgan fingerprint density at radius 3 is 2.96 bits per heavy atom. The van der Waals surface area contributed by atoms with Crippen molar-refractivity contribution >= 4 is 12.2 Å². The first-order valence-corrected chi connectivity index (χ1v) is 8.45. The molecule has 0 saturated carbocycles. The van der Waals surface area contributed by atoms with Crippen LogP contribution in [0.15, 0.2) is 23.8 Å². The molecule has 2 aliphatic rings. The topological polar surface area (TPSA) is 74.6 Å². The fourth-order valence-corrected chi connectivity index (χ4v) is 2.99. The van der Waals surface area contributed by atoms with Crippen LogP contribution in [0, 0.1) is 11.3 Å². The largest absolute Gasteiger partial charge is 0.488 e. The first kappa shape index (κ1) is 17.3. The Morgan fingerprint density at radius 2 is 2.24 bits per heavy atom. The van der Waals surface area contributed by atoms with Crippen molar-refractivity contribution in [3.05, 3.63) is 34.9 Å². The summed E-state index contributed by atoms with van der Waals surface area (Å²) in [4.78, 5) is 14.3. The summed E-state index contributed by atoms with van der Waals surface area (Å²) in [5.74, 6) is 0.742. The lowest BCUT2D eigenvalue weighted by Crippen LogP contribution is -2.50. The van der Waals surface area contributed by atoms with Gasteiger partial charge in [-0.05, 0) is 38.5 Å². The number of carbonyl (C=O) groups excluding carboxylic acids is 1. The maximum absolute atomic E-state index is 12.6. The SMILES string of the molecule is CC(C)(C)OC(=O)N1CCNCC1c1ccc2c(c1)OCC(C#N)=C2. The minimum Gasteiger partial charge on any atom is -0.488 e. The number of fused-ring (bicyclic) bond motifs is 1. The molecule has 3 rings (SSSR count). The Balaban J connectivity index is 1.85. The van der Waals surface area contributed by atoms with Crippen LogP contribution in [0.4, 0.5) is 4.79 Å². The fraction of sp³-hybridized carbons (Fsp3) is 0.474. The number of nitriles is 1. The van der Waals surface area contributed by atoms with Gasteiger partial charge in [0.2, 0.25) is 0 Å². The number of amides is 1. The average molecular weight is 341 g/mol. The lowest BCUT2D eigenvalue weighted by atomic mass is 9.99. The van der Waals surface area contributed by atoms with Crippen LogP contribution in [-0.2, 0) is 4.74 Å². The number of ether oxygens (including phenoxy) is 2. The van der Waals surface area contributed by atoms with E-state index in [0.717, 1.165) is 23.4 Å². The summed E-state index contributed by atoms with van der Waals surface area (Å²) >= 11 is 0. The van der Waals surface area contributed by atoms with Crippen molar-refractivity contribution in [3.63, 3.8) is 0 Å². The van der Waals surface area contributed by atoms with Crippen LogP contribution < -0.4 is 10.1 Å². The molecule has 2 aliphatic heterocycles. The highest BCUT2D eigenvalue weighted by Gasteiger charge is 2.32. The number of hydrogen-bond acceptors (Lipinski definition) is 5. The Morgan fingerprint density at radius 1 is 1.44 bits per heavy atom. The fourth-order valence-electron chi connectivity index (χ4n) is 2.99. The Bertz CT molecular complexity index is 743. The van der Waals surface area contributed by atoms with Crippen LogP contribution >= 0.6 is 0 Å². The van der Waals surface area contributed by atoms with Gasteiger partial charge in [0, 0.05) is 25.2 Å². The molecular weight excluding hydrogens is 318 g/mol. The molecule has 0 spiro atoms. The molecule has 1 amide bonds. The standard InChI is InChI=1S/C19H23N3O3/c1-19(2,3)25-18(23)22-7-6-21-11-16(22)14-4-5-15-8-13(10-20)12-24-17(15)9-14/h4-5,8-9,16,21H,6-7,11-12H2,1-3H3. The predicted octanol–water partition coefficient (Wildman–Crippen LogP) is 2.87. The van der Waals surface area contributed by atoms with Gasteiger partial charge in [-0.25, -0.2) is 4.79 Å². The molecule has 1 saturated heterocycles. The number of piperazine rings is 1. The van der Waals surface area contributed by atoms with Gasteiger partial charge in [-0.15, -0.1) is 0 Å². The number of benzene rings is 1. The lowest BCUT2D eigenvalue weighted by molar-refractivity contribution is 0.0117. The zero-order valence-electron chi connectivity index (χ0n) is 14.8. The highest BCUT2D eigenvalue weighted by atomic mass is 16.6. The summed E-state index contributed by atoms with van der Waals surface area (Å²) < 4.78 is 11.2. The minimum atomic E-state index is -0.524. The summed E-state index contributed by atoms with van der Waals surface area (Å²) in [7, 11) is 0. The highest BCUT2D eigenvalue weighted by Crippen LogP contribution is 2.32. The van der Waals surface area contributed by atoms with Crippen molar-refractivity contribution in [2.45, 2.75) is 32.4 Å². The molecular formula is C19H23N3O3. The maximum atomic E-state index is 12.6. The Labute approximate surface area is 148 Å². The third-order valence-corrected chi connectivity index (χ3v) is 4.15. The molecule has 132 valence electrons. The van der Waals surface area contributed by atoms with Gasteiger partial charge in [0.15, 0.2) is 0 Å². The molecule has 0 aromatic heterocycles. The van der Waals surface area contributed by atoms with E-state index in [4.69, 9.17) is 14.7 Å². The number of hydrogen-bond donors (Lipinski definition) is 1. The normalized spacial score (nSPS) is 20.0. The molecule has 6 nitrogen and oxygen atoms in total. The van der Waals surface area contributed by atoms with E-state index in [0.29, 0.717) is 18.7 Å². The predicted molar refractivity (Wildman–Crippen MR) is 94.1 cm³/mol.